The lowest BCUT2D eigenvalue weighted by Gasteiger charge is -2.36. The summed E-state index contributed by atoms with van der Waals surface area (Å²) in [5, 5.41) is 3.58. The number of hydrogen-bond acceptors (Lipinski definition) is 5. The Kier molecular flexibility index (Phi) is 3.82. The summed E-state index contributed by atoms with van der Waals surface area (Å²) < 4.78 is 0. The molecule has 2 aliphatic rings. The number of carbonyl (C=O) groups excluding carboxylic acids is 1. The van der Waals surface area contributed by atoms with Gasteiger partial charge in [-0.2, -0.15) is 0 Å². The highest BCUT2D eigenvalue weighted by Gasteiger charge is 2.30. The monoisotopic (exact) mass is 275 g/mol. The fourth-order valence-electron chi connectivity index (χ4n) is 3.38. The molecule has 3 N–H and O–H groups in total. The molecule has 0 radical (unpaired) electrons. The van der Waals surface area contributed by atoms with Crippen molar-refractivity contribution in [3.63, 3.8) is 0 Å². The first-order chi connectivity index (χ1) is 9.75. The van der Waals surface area contributed by atoms with Crippen LogP contribution in [0.25, 0.3) is 0 Å². The lowest BCUT2D eigenvalue weighted by Crippen LogP contribution is -2.44. The lowest BCUT2D eigenvalue weighted by molar-refractivity contribution is 0.0995. The Morgan fingerprint density at radius 3 is 2.90 bits per heavy atom. The van der Waals surface area contributed by atoms with Gasteiger partial charge in [0.2, 0.25) is 0 Å². The molecule has 108 valence electrons. The van der Waals surface area contributed by atoms with E-state index in [0.717, 1.165) is 26.1 Å². The van der Waals surface area contributed by atoms with Crippen molar-refractivity contribution in [1.82, 2.24) is 15.3 Å². The molecule has 3 heterocycles. The normalized spacial score (nSPS) is 26.7. The number of nitrogens with two attached hydrogens (primary N) is 1. The molecule has 6 nitrogen and oxygen atoms in total. The third kappa shape index (κ3) is 2.60. The number of hydrogen-bond donors (Lipinski definition) is 2. The van der Waals surface area contributed by atoms with Crippen LogP contribution in [0.4, 0.5) is 5.82 Å². The summed E-state index contributed by atoms with van der Waals surface area (Å²) in [5.74, 6) is 0.755. The van der Waals surface area contributed by atoms with Gasteiger partial charge in [-0.05, 0) is 38.1 Å². The van der Waals surface area contributed by atoms with Crippen molar-refractivity contribution < 1.29 is 4.79 Å². The average Bonchev–Trinajstić information content (AvgIpc) is 3.01. The molecule has 20 heavy (non-hydrogen) atoms. The lowest BCUT2D eigenvalue weighted by atomic mass is 9.89. The Morgan fingerprint density at radius 1 is 1.30 bits per heavy atom. The minimum Gasteiger partial charge on any atom is -0.364 e. The summed E-state index contributed by atoms with van der Waals surface area (Å²) in [5.41, 5.74) is 5.68. The molecule has 1 aromatic heterocycles. The van der Waals surface area contributed by atoms with Crippen LogP contribution in [0.15, 0.2) is 12.4 Å². The molecule has 2 fully saturated rings. The van der Waals surface area contributed by atoms with E-state index in [1.165, 1.54) is 25.5 Å². The Balaban J connectivity index is 1.78. The number of anilines is 1. The largest absolute Gasteiger partial charge is 0.364 e. The summed E-state index contributed by atoms with van der Waals surface area (Å²) in [6.45, 7) is 2.97. The second kappa shape index (κ2) is 5.75. The molecule has 0 spiro atoms. The Hall–Kier alpha value is -1.69. The fourth-order valence-corrected chi connectivity index (χ4v) is 3.38. The first kappa shape index (κ1) is 13.3. The van der Waals surface area contributed by atoms with Crippen molar-refractivity contribution in [3.05, 3.63) is 18.1 Å². The summed E-state index contributed by atoms with van der Waals surface area (Å²) in [4.78, 5) is 22.1. The molecule has 0 bridgehead atoms. The Labute approximate surface area is 118 Å². The van der Waals surface area contributed by atoms with E-state index in [1.54, 1.807) is 6.20 Å². The number of nitrogens with zero attached hydrogens (tertiary/aromatic N) is 3. The molecule has 3 rings (SSSR count). The van der Waals surface area contributed by atoms with Gasteiger partial charge in [0.05, 0.1) is 0 Å². The van der Waals surface area contributed by atoms with Gasteiger partial charge in [0.1, 0.15) is 0 Å². The van der Waals surface area contributed by atoms with Gasteiger partial charge in [-0.15, -0.1) is 0 Å². The number of nitrogens with one attached hydrogen (secondary N) is 1. The second-order valence-corrected chi connectivity index (χ2v) is 5.64. The fraction of sp³-hybridized carbons (Fsp3) is 0.643. The van der Waals surface area contributed by atoms with Gasteiger partial charge in [-0.1, -0.05) is 0 Å². The van der Waals surface area contributed by atoms with Crippen LogP contribution in [0.3, 0.4) is 0 Å². The number of rotatable bonds is 3. The van der Waals surface area contributed by atoms with Crippen molar-refractivity contribution in [2.45, 2.75) is 31.7 Å². The predicted octanol–water partition coefficient (Wildman–Crippen LogP) is 0.544. The summed E-state index contributed by atoms with van der Waals surface area (Å²) in [7, 11) is 0. The molecule has 2 atom stereocenters. The summed E-state index contributed by atoms with van der Waals surface area (Å²) in [6, 6.07) is 0.603. The summed E-state index contributed by atoms with van der Waals surface area (Å²) >= 11 is 0. The van der Waals surface area contributed by atoms with Crippen LogP contribution >= 0.6 is 0 Å². The van der Waals surface area contributed by atoms with Crippen molar-refractivity contribution >= 4 is 11.7 Å². The molecule has 2 unspecified atom stereocenters. The topological polar surface area (TPSA) is 84.1 Å². The zero-order chi connectivity index (χ0) is 13.9. The van der Waals surface area contributed by atoms with Gasteiger partial charge in [-0.25, -0.2) is 9.97 Å². The minimum absolute atomic E-state index is 0.285. The molecule has 0 aromatic carbocycles. The Bertz CT molecular complexity index is 486. The van der Waals surface area contributed by atoms with Gasteiger partial charge < -0.3 is 16.0 Å². The van der Waals surface area contributed by atoms with E-state index in [4.69, 9.17) is 5.73 Å². The quantitative estimate of drug-likeness (QED) is 0.841. The number of aromatic nitrogens is 2. The molecular formula is C14H21N5O. The Morgan fingerprint density at radius 2 is 2.15 bits per heavy atom. The van der Waals surface area contributed by atoms with E-state index in [2.05, 4.69) is 20.2 Å². The van der Waals surface area contributed by atoms with Crippen LogP contribution in [-0.4, -0.2) is 41.6 Å². The van der Waals surface area contributed by atoms with Gasteiger partial charge in [-0.3, -0.25) is 4.79 Å². The molecule has 0 aliphatic carbocycles. The van der Waals surface area contributed by atoms with E-state index in [0.29, 0.717) is 17.8 Å². The molecule has 1 aromatic rings. The first-order valence-electron chi connectivity index (χ1n) is 7.35. The average molecular weight is 275 g/mol. The predicted molar refractivity (Wildman–Crippen MR) is 76.5 cm³/mol. The van der Waals surface area contributed by atoms with E-state index in [-0.39, 0.29) is 5.69 Å². The van der Waals surface area contributed by atoms with Crippen LogP contribution in [0.2, 0.25) is 0 Å². The van der Waals surface area contributed by atoms with E-state index >= 15 is 0 Å². The van der Waals surface area contributed by atoms with Crippen LogP contribution in [0, 0.1) is 5.92 Å². The highest BCUT2D eigenvalue weighted by Crippen LogP contribution is 2.28. The van der Waals surface area contributed by atoms with Crippen molar-refractivity contribution in [1.29, 1.82) is 0 Å². The number of amides is 1. The maximum atomic E-state index is 11.5. The van der Waals surface area contributed by atoms with Crippen molar-refractivity contribution in [2.75, 3.05) is 24.5 Å². The zero-order valence-electron chi connectivity index (χ0n) is 11.6. The zero-order valence-corrected chi connectivity index (χ0v) is 11.6. The van der Waals surface area contributed by atoms with E-state index in [9.17, 15) is 4.79 Å². The van der Waals surface area contributed by atoms with E-state index in [1.807, 2.05) is 0 Å². The van der Waals surface area contributed by atoms with E-state index < -0.39 is 5.91 Å². The maximum absolute atomic E-state index is 11.5. The number of piperidine rings is 1. The molecule has 6 heteroatoms. The van der Waals surface area contributed by atoms with Crippen LogP contribution in [0.5, 0.6) is 0 Å². The van der Waals surface area contributed by atoms with Crippen LogP contribution < -0.4 is 16.0 Å². The van der Waals surface area contributed by atoms with Gasteiger partial charge >= 0.3 is 0 Å². The highest BCUT2D eigenvalue weighted by molar-refractivity contribution is 5.95. The smallest absolute Gasteiger partial charge is 0.271 e. The number of carbonyl (C=O) groups is 1. The van der Waals surface area contributed by atoms with Crippen LogP contribution in [-0.2, 0) is 0 Å². The number of primary amides is 1. The SMILES string of the molecule is NC(=O)c1nccnc1N1CCCC(C2CCCN2)C1. The molecule has 0 saturated carbocycles. The highest BCUT2D eigenvalue weighted by atomic mass is 16.1. The summed E-state index contributed by atoms with van der Waals surface area (Å²) in [6.07, 6.45) is 8.02. The standard InChI is InChI=1S/C14H21N5O/c15-13(20)12-14(18-7-6-17-12)19-8-2-3-10(9-19)11-4-1-5-16-11/h6-7,10-11,16H,1-5,8-9H2,(H2,15,20). The van der Waals surface area contributed by atoms with Crippen LogP contribution in [0.1, 0.15) is 36.2 Å². The minimum atomic E-state index is -0.505. The maximum Gasteiger partial charge on any atom is 0.271 e. The van der Waals surface area contributed by atoms with Crippen molar-refractivity contribution in [2.24, 2.45) is 11.7 Å². The molecule has 1 amide bonds. The van der Waals surface area contributed by atoms with Gasteiger partial charge in [0.15, 0.2) is 11.5 Å². The first-order valence-corrected chi connectivity index (χ1v) is 7.35. The third-order valence-electron chi connectivity index (χ3n) is 4.34. The van der Waals surface area contributed by atoms with Gasteiger partial charge in [0.25, 0.3) is 5.91 Å². The molecule has 2 saturated heterocycles. The van der Waals surface area contributed by atoms with Crippen molar-refractivity contribution in [3.8, 4) is 0 Å². The second-order valence-electron chi connectivity index (χ2n) is 5.64. The molecular weight excluding hydrogens is 254 g/mol. The third-order valence-corrected chi connectivity index (χ3v) is 4.34. The van der Waals surface area contributed by atoms with Gasteiger partial charge in [0, 0.05) is 31.5 Å². The molecule has 2 aliphatic heterocycles.